The molecule has 1 amide bonds. The highest BCUT2D eigenvalue weighted by molar-refractivity contribution is 5.93. The highest BCUT2D eigenvalue weighted by Gasteiger charge is 2.38. The number of esters is 1. The summed E-state index contributed by atoms with van der Waals surface area (Å²) >= 11 is 0. The summed E-state index contributed by atoms with van der Waals surface area (Å²) in [7, 11) is 0. The first kappa shape index (κ1) is 14.0. The largest absolute Gasteiger partial charge is 0.445 e. The smallest absolute Gasteiger partial charge is 0.339 e. The number of primary amides is 1. The van der Waals surface area contributed by atoms with Gasteiger partial charge in [-0.1, -0.05) is 31.2 Å². The molecule has 0 aromatic heterocycles. The molecule has 4 heteroatoms. The van der Waals surface area contributed by atoms with Crippen molar-refractivity contribution in [2.75, 3.05) is 0 Å². The maximum atomic E-state index is 11.9. The van der Waals surface area contributed by atoms with Crippen molar-refractivity contribution in [1.29, 1.82) is 0 Å². The number of carbonyl (C=O) groups is 2. The lowest BCUT2D eigenvalue weighted by molar-refractivity contribution is -0.137. The van der Waals surface area contributed by atoms with Crippen LogP contribution in [0.15, 0.2) is 43.0 Å². The van der Waals surface area contributed by atoms with Crippen LogP contribution in [0, 0.1) is 0 Å². The van der Waals surface area contributed by atoms with Gasteiger partial charge in [0.15, 0.2) is 5.60 Å². The Kier molecular flexibility index (Phi) is 4.66. The van der Waals surface area contributed by atoms with Crippen LogP contribution in [0.25, 0.3) is 0 Å². The molecule has 96 valence electrons. The summed E-state index contributed by atoms with van der Waals surface area (Å²) in [6.45, 7) is 5.30. The Balaban J connectivity index is 2.94. The van der Waals surface area contributed by atoms with Gasteiger partial charge in [-0.25, -0.2) is 4.79 Å². The lowest BCUT2D eigenvalue weighted by atomic mass is 9.95. The molecule has 0 unspecified atom stereocenters. The standard InChI is InChI=1S/C14H17NO3/c1-3-10-14(4-2,13(15)17)18-12(16)11-8-6-5-7-9-11/h3,5-9H,1,4,10H2,2H3,(H2,15,17)/t14-/m0/s1. The predicted octanol–water partition coefficient (Wildman–Crippen LogP) is 2.05. The van der Waals surface area contributed by atoms with Gasteiger partial charge >= 0.3 is 5.97 Å². The molecule has 4 nitrogen and oxygen atoms in total. The topological polar surface area (TPSA) is 69.4 Å². The Bertz CT molecular complexity index is 442. The number of hydrogen-bond donors (Lipinski definition) is 1. The quantitative estimate of drug-likeness (QED) is 0.618. The van der Waals surface area contributed by atoms with Crippen molar-refractivity contribution in [3.63, 3.8) is 0 Å². The molecule has 0 aliphatic rings. The Morgan fingerprint density at radius 2 is 2.00 bits per heavy atom. The van der Waals surface area contributed by atoms with Crippen molar-refractivity contribution in [2.24, 2.45) is 5.73 Å². The van der Waals surface area contributed by atoms with Crippen molar-refractivity contribution in [3.8, 4) is 0 Å². The molecule has 18 heavy (non-hydrogen) atoms. The molecule has 2 N–H and O–H groups in total. The van der Waals surface area contributed by atoms with E-state index in [4.69, 9.17) is 10.5 Å². The Morgan fingerprint density at radius 1 is 1.39 bits per heavy atom. The number of ether oxygens (including phenoxy) is 1. The van der Waals surface area contributed by atoms with Crippen LogP contribution in [0.3, 0.4) is 0 Å². The first-order valence-corrected chi connectivity index (χ1v) is 5.75. The van der Waals surface area contributed by atoms with E-state index < -0.39 is 17.5 Å². The van der Waals surface area contributed by atoms with Gasteiger partial charge in [0.05, 0.1) is 5.56 Å². The molecule has 0 saturated carbocycles. The summed E-state index contributed by atoms with van der Waals surface area (Å²) < 4.78 is 5.29. The van der Waals surface area contributed by atoms with Crippen molar-refractivity contribution >= 4 is 11.9 Å². The van der Waals surface area contributed by atoms with Crippen molar-refractivity contribution < 1.29 is 14.3 Å². The van der Waals surface area contributed by atoms with Crippen molar-refractivity contribution in [2.45, 2.75) is 25.4 Å². The summed E-state index contributed by atoms with van der Waals surface area (Å²) in [6.07, 6.45) is 2.04. The minimum absolute atomic E-state index is 0.206. The van der Waals surface area contributed by atoms with Crippen LogP contribution in [-0.2, 0) is 9.53 Å². The molecule has 0 aliphatic heterocycles. The van der Waals surface area contributed by atoms with Crippen LogP contribution in [0.1, 0.15) is 30.1 Å². The molecule has 1 atom stereocenters. The number of nitrogens with two attached hydrogens (primary N) is 1. The van der Waals surface area contributed by atoms with Gasteiger partial charge in [-0.15, -0.1) is 6.58 Å². The van der Waals surface area contributed by atoms with Gasteiger partial charge in [-0.05, 0) is 18.6 Å². The Morgan fingerprint density at radius 3 is 2.44 bits per heavy atom. The van der Waals surface area contributed by atoms with Crippen molar-refractivity contribution in [1.82, 2.24) is 0 Å². The maximum Gasteiger partial charge on any atom is 0.339 e. The average Bonchev–Trinajstić information content (AvgIpc) is 2.38. The minimum atomic E-state index is -1.31. The number of amides is 1. The maximum absolute atomic E-state index is 11.9. The van der Waals surface area contributed by atoms with E-state index in [2.05, 4.69) is 6.58 Å². The Labute approximate surface area is 106 Å². The van der Waals surface area contributed by atoms with Gasteiger partial charge < -0.3 is 10.5 Å². The van der Waals surface area contributed by atoms with Crippen LogP contribution in [0.2, 0.25) is 0 Å². The fourth-order valence-electron chi connectivity index (χ4n) is 1.63. The second-order valence-corrected chi connectivity index (χ2v) is 3.96. The molecule has 1 rings (SSSR count). The molecule has 0 radical (unpaired) electrons. The van der Waals surface area contributed by atoms with E-state index in [1.165, 1.54) is 6.08 Å². The van der Waals surface area contributed by atoms with Crippen LogP contribution in [0.5, 0.6) is 0 Å². The highest BCUT2D eigenvalue weighted by atomic mass is 16.6. The zero-order chi connectivity index (χ0) is 13.6. The summed E-state index contributed by atoms with van der Waals surface area (Å²) in [6, 6.07) is 8.49. The molecule has 1 aromatic carbocycles. The van der Waals surface area contributed by atoms with E-state index in [1.54, 1.807) is 37.3 Å². The molecule has 0 fully saturated rings. The van der Waals surface area contributed by atoms with Gasteiger partial charge in [0.25, 0.3) is 5.91 Å². The molecular weight excluding hydrogens is 230 g/mol. The van der Waals surface area contributed by atoms with Crippen LogP contribution < -0.4 is 5.73 Å². The lowest BCUT2D eigenvalue weighted by Crippen LogP contribution is -2.47. The van der Waals surface area contributed by atoms with Gasteiger partial charge in [0, 0.05) is 6.42 Å². The zero-order valence-electron chi connectivity index (χ0n) is 10.4. The summed E-state index contributed by atoms with van der Waals surface area (Å²) in [5.41, 5.74) is 4.41. The lowest BCUT2D eigenvalue weighted by Gasteiger charge is -2.28. The van der Waals surface area contributed by atoms with Gasteiger partial charge in [-0.3, -0.25) is 4.79 Å². The second-order valence-electron chi connectivity index (χ2n) is 3.96. The van der Waals surface area contributed by atoms with Gasteiger partial charge in [0.1, 0.15) is 0 Å². The highest BCUT2D eigenvalue weighted by Crippen LogP contribution is 2.22. The SMILES string of the molecule is C=CC[C@](CC)(OC(=O)c1ccccc1)C(N)=O. The monoisotopic (exact) mass is 247 g/mol. The van der Waals surface area contributed by atoms with Crippen LogP contribution >= 0.6 is 0 Å². The molecule has 0 saturated heterocycles. The third-order valence-corrected chi connectivity index (χ3v) is 2.79. The van der Waals surface area contributed by atoms with E-state index >= 15 is 0 Å². The second kappa shape index (κ2) is 6.00. The molecule has 0 heterocycles. The Hall–Kier alpha value is -2.10. The fourth-order valence-corrected chi connectivity index (χ4v) is 1.63. The minimum Gasteiger partial charge on any atom is -0.445 e. The molecule has 0 aliphatic carbocycles. The molecule has 1 aromatic rings. The summed E-state index contributed by atoms with van der Waals surface area (Å²) in [5, 5.41) is 0. The van der Waals surface area contributed by atoms with E-state index in [9.17, 15) is 9.59 Å². The summed E-state index contributed by atoms with van der Waals surface area (Å²) in [4.78, 5) is 23.4. The zero-order valence-corrected chi connectivity index (χ0v) is 10.4. The van der Waals surface area contributed by atoms with Crippen molar-refractivity contribution in [3.05, 3.63) is 48.6 Å². The predicted molar refractivity (Wildman–Crippen MR) is 68.9 cm³/mol. The van der Waals surface area contributed by atoms with E-state index in [0.717, 1.165) is 0 Å². The average molecular weight is 247 g/mol. The van der Waals surface area contributed by atoms with E-state index in [-0.39, 0.29) is 6.42 Å². The van der Waals surface area contributed by atoms with E-state index in [1.807, 2.05) is 0 Å². The summed E-state index contributed by atoms with van der Waals surface area (Å²) in [5.74, 6) is -1.22. The number of rotatable bonds is 6. The third kappa shape index (κ3) is 2.97. The molecular formula is C14H17NO3. The van der Waals surface area contributed by atoms with Gasteiger partial charge in [0.2, 0.25) is 0 Å². The first-order valence-electron chi connectivity index (χ1n) is 5.75. The van der Waals surface area contributed by atoms with Crippen LogP contribution in [0.4, 0.5) is 0 Å². The number of hydrogen-bond acceptors (Lipinski definition) is 3. The normalized spacial score (nSPS) is 13.4. The third-order valence-electron chi connectivity index (χ3n) is 2.79. The van der Waals surface area contributed by atoms with Crippen LogP contribution in [-0.4, -0.2) is 17.5 Å². The fraction of sp³-hybridized carbons (Fsp3) is 0.286. The molecule has 0 spiro atoms. The molecule has 0 bridgehead atoms. The number of carbonyl (C=O) groups excluding carboxylic acids is 2. The number of benzene rings is 1. The van der Waals surface area contributed by atoms with Gasteiger partial charge in [-0.2, -0.15) is 0 Å². The van der Waals surface area contributed by atoms with E-state index in [0.29, 0.717) is 12.0 Å². The first-order chi connectivity index (χ1) is 8.55.